The Kier molecular flexibility index (Phi) is 14.3. The minimum Gasteiger partial charge on any atom is -0.344 e. The highest BCUT2D eigenvalue weighted by Gasteiger charge is 2.52. The highest BCUT2D eigenvalue weighted by molar-refractivity contribution is 6.38. The Balaban J connectivity index is 1.55. The lowest BCUT2D eigenvalue weighted by atomic mass is 9.85. The molecule has 1 aromatic heterocycles. The summed E-state index contributed by atoms with van der Waals surface area (Å²) in [6, 6.07) is 3.83. The summed E-state index contributed by atoms with van der Waals surface area (Å²) in [5.41, 5.74) is -0.0769. The molecule has 0 spiro atoms. The average Bonchev–Trinajstić information content (AvgIpc) is 3.73. The van der Waals surface area contributed by atoms with E-state index in [4.69, 9.17) is 0 Å². The topological polar surface area (TPSA) is 180 Å². The average molecular weight is 754 g/mol. The molecule has 13 nitrogen and oxygen atoms in total. The number of ketones is 1. The van der Waals surface area contributed by atoms with Crippen LogP contribution < -0.4 is 21.3 Å². The summed E-state index contributed by atoms with van der Waals surface area (Å²) < 4.78 is 26.3. The van der Waals surface area contributed by atoms with Crippen molar-refractivity contribution in [3.8, 4) is 0 Å². The third-order valence-corrected chi connectivity index (χ3v) is 10.3. The lowest BCUT2D eigenvalue weighted by Crippen LogP contribution is -2.62. The van der Waals surface area contributed by atoms with Crippen LogP contribution in [0, 0.1) is 23.2 Å². The van der Waals surface area contributed by atoms with Gasteiger partial charge in [0.25, 0.3) is 11.8 Å². The number of halogens is 2. The number of hydrogen-bond acceptors (Lipinski definition) is 8. The molecule has 1 saturated heterocycles. The number of fused-ring (bicyclic) bond motifs is 1. The number of carbonyl (C=O) groups is 6. The van der Waals surface area contributed by atoms with Gasteiger partial charge in [-0.3, -0.25) is 33.8 Å². The standard InChI is InChI=1S/C39H53F2N7O6/c1-22(2)30(46-34(50)28-20-42-18-19-43-28)35(51)47-33(39(4,5)6)38(54)48-21-25-14-10-15-26(25)31(48)36(52)45-27(16-11-17-29(40)41)32(49)37(53)44-23(3)24-12-8-7-9-13-24/h7-9,12-13,18-20,22-23,25-27,29-31,33H,10-11,14-17,21H2,1-6H3,(H,44,53)(H,45,52)(H,46,50)(H,47,51)/t23-,25-,26-,27?,30?,31-,33+/m0/s1. The van der Waals surface area contributed by atoms with E-state index in [0.29, 0.717) is 6.42 Å². The van der Waals surface area contributed by atoms with Crippen molar-refractivity contribution in [3.63, 3.8) is 0 Å². The number of benzene rings is 1. The largest absolute Gasteiger partial charge is 0.344 e. The van der Waals surface area contributed by atoms with Gasteiger partial charge in [-0.25, -0.2) is 13.8 Å². The zero-order valence-electron chi connectivity index (χ0n) is 31.8. The zero-order valence-corrected chi connectivity index (χ0v) is 31.8. The van der Waals surface area contributed by atoms with Crippen molar-refractivity contribution in [2.45, 2.75) is 117 Å². The highest BCUT2D eigenvalue weighted by Crippen LogP contribution is 2.43. The fourth-order valence-electron chi connectivity index (χ4n) is 7.33. The molecule has 15 heteroatoms. The van der Waals surface area contributed by atoms with Gasteiger partial charge in [0, 0.05) is 25.4 Å². The Morgan fingerprint density at radius 2 is 1.61 bits per heavy atom. The van der Waals surface area contributed by atoms with Gasteiger partial charge in [0.1, 0.15) is 23.8 Å². The number of Topliss-reactive ketones (excluding diaryl/α,β-unsaturated/α-hetero) is 1. The van der Waals surface area contributed by atoms with Gasteiger partial charge in [-0.2, -0.15) is 0 Å². The number of amides is 5. The summed E-state index contributed by atoms with van der Waals surface area (Å²) in [5.74, 6) is -4.95. The van der Waals surface area contributed by atoms with Crippen LogP contribution >= 0.6 is 0 Å². The first kappa shape index (κ1) is 41.9. The van der Waals surface area contributed by atoms with Crippen LogP contribution in [-0.2, 0) is 24.0 Å². The summed E-state index contributed by atoms with van der Waals surface area (Å²) in [6.07, 6.45) is 2.80. The molecule has 2 unspecified atom stereocenters. The first-order valence-corrected chi connectivity index (χ1v) is 18.7. The van der Waals surface area contributed by atoms with Crippen LogP contribution in [0.25, 0.3) is 0 Å². The normalized spacial score (nSPS) is 20.4. The van der Waals surface area contributed by atoms with Crippen LogP contribution in [0.4, 0.5) is 8.78 Å². The molecular formula is C39H53F2N7O6. The molecule has 4 N–H and O–H groups in total. The molecular weight excluding hydrogens is 700 g/mol. The van der Waals surface area contributed by atoms with E-state index in [1.54, 1.807) is 65.8 Å². The number of hydrogen-bond donors (Lipinski definition) is 4. The van der Waals surface area contributed by atoms with Gasteiger partial charge in [0.2, 0.25) is 29.9 Å². The van der Waals surface area contributed by atoms with E-state index in [0.717, 1.165) is 18.4 Å². The van der Waals surface area contributed by atoms with Crippen molar-refractivity contribution < 1.29 is 37.5 Å². The van der Waals surface area contributed by atoms with Crippen LogP contribution in [0.2, 0.25) is 0 Å². The second-order valence-corrected chi connectivity index (χ2v) is 15.7. The number of aromatic nitrogens is 2. The molecule has 2 aliphatic rings. The number of nitrogens with one attached hydrogen (secondary N) is 4. The Morgan fingerprint density at radius 3 is 2.22 bits per heavy atom. The Bertz CT molecular complexity index is 1640. The molecule has 1 aliphatic heterocycles. The van der Waals surface area contributed by atoms with Crippen LogP contribution in [0.15, 0.2) is 48.9 Å². The van der Waals surface area contributed by atoms with Gasteiger partial charge in [0.05, 0.1) is 18.3 Å². The lowest BCUT2D eigenvalue weighted by molar-refractivity contribution is -0.146. The summed E-state index contributed by atoms with van der Waals surface area (Å²) in [6.45, 7) is 10.8. The number of nitrogens with zero attached hydrogens (tertiary/aromatic N) is 3. The van der Waals surface area contributed by atoms with Gasteiger partial charge in [-0.1, -0.05) is 71.4 Å². The monoisotopic (exact) mass is 753 g/mol. The van der Waals surface area contributed by atoms with Gasteiger partial charge < -0.3 is 26.2 Å². The first-order valence-electron chi connectivity index (χ1n) is 18.7. The summed E-state index contributed by atoms with van der Waals surface area (Å²) in [5, 5.41) is 10.9. The molecule has 1 saturated carbocycles. The lowest BCUT2D eigenvalue weighted by Gasteiger charge is -2.37. The first-order chi connectivity index (χ1) is 25.5. The van der Waals surface area contributed by atoms with Crippen molar-refractivity contribution in [3.05, 3.63) is 60.2 Å². The maximum atomic E-state index is 14.6. The molecule has 2 fully saturated rings. The minimum absolute atomic E-state index is 0.0151. The Hall–Kier alpha value is -4.82. The fraction of sp³-hybridized carbons (Fsp3) is 0.590. The summed E-state index contributed by atoms with van der Waals surface area (Å²) in [4.78, 5) is 91.6. The van der Waals surface area contributed by atoms with Crippen molar-refractivity contribution in [2.75, 3.05) is 6.54 Å². The predicted octanol–water partition coefficient (Wildman–Crippen LogP) is 3.76. The fourth-order valence-corrected chi connectivity index (χ4v) is 7.33. The van der Waals surface area contributed by atoms with E-state index >= 15 is 0 Å². The molecule has 5 amide bonds. The van der Waals surface area contributed by atoms with Crippen molar-refractivity contribution in [1.29, 1.82) is 0 Å². The van der Waals surface area contributed by atoms with Gasteiger partial charge in [-0.05, 0) is 61.3 Å². The minimum atomic E-state index is -2.63. The molecule has 1 aliphatic carbocycles. The molecule has 0 radical (unpaired) electrons. The zero-order chi connectivity index (χ0) is 39.7. The molecule has 4 rings (SSSR count). The van der Waals surface area contributed by atoms with E-state index in [9.17, 15) is 37.5 Å². The van der Waals surface area contributed by atoms with Crippen molar-refractivity contribution in [2.24, 2.45) is 23.2 Å². The Labute approximate surface area is 315 Å². The molecule has 0 bridgehead atoms. The third-order valence-electron chi connectivity index (χ3n) is 10.3. The summed E-state index contributed by atoms with van der Waals surface area (Å²) >= 11 is 0. The quantitative estimate of drug-likeness (QED) is 0.187. The van der Waals surface area contributed by atoms with Crippen LogP contribution in [0.1, 0.15) is 102 Å². The summed E-state index contributed by atoms with van der Waals surface area (Å²) in [7, 11) is 0. The second-order valence-electron chi connectivity index (χ2n) is 15.7. The number of likely N-dealkylation sites (tertiary alicyclic amines) is 1. The van der Waals surface area contributed by atoms with E-state index in [1.807, 2.05) is 6.07 Å². The molecule has 1 aromatic carbocycles. The van der Waals surface area contributed by atoms with Gasteiger partial charge in [-0.15, -0.1) is 0 Å². The van der Waals surface area contributed by atoms with Crippen molar-refractivity contribution >= 4 is 35.3 Å². The maximum Gasteiger partial charge on any atom is 0.290 e. The molecule has 2 aromatic rings. The highest BCUT2D eigenvalue weighted by atomic mass is 19.3. The van der Waals surface area contributed by atoms with Crippen LogP contribution in [-0.4, -0.2) is 87.3 Å². The van der Waals surface area contributed by atoms with Gasteiger partial charge >= 0.3 is 0 Å². The SMILES string of the molecule is CC(C)C(NC(=O)c1cnccn1)C(=O)N[C@H](C(=O)N1C[C@@H]2CCC[C@@H]2[C@H]1C(=O)NC(CCCC(F)F)C(=O)C(=O)N[C@@H](C)c1ccccc1)C(C)(C)C. The van der Waals surface area contributed by atoms with Gasteiger partial charge in [0.15, 0.2) is 0 Å². The number of alkyl halides is 2. The van der Waals surface area contributed by atoms with E-state index in [-0.39, 0.29) is 42.8 Å². The number of rotatable bonds is 16. The maximum absolute atomic E-state index is 14.6. The molecule has 54 heavy (non-hydrogen) atoms. The van der Waals surface area contributed by atoms with E-state index in [2.05, 4.69) is 31.2 Å². The smallest absolute Gasteiger partial charge is 0.290 e. The van der Waals surface area contributed by atoms with Crippen molar-refractivity contribution in [1.82, 2.24) is 36.1 Å². The third kappa shape index (κ3) is 10.7. The van der Waals surface area contributed by atoms with E-state index in [1.165, 1.54) is 23.5 Å². The van der Waals surface area contributed by atoms with Crippen LogP contribution in [0.5, 0.6) is 0 Å². The molecule has 2 heterocycles. The van der Waals surface area contributed by atoms with Crippen LogP contribution in [0.3, 0.4) is 0 Å². The second kappa shape index (κ2) is 18.5. The molecule has 7 atom stereocenters. The van der Waals surface area contributed by atoms with E-state index < -0.39 is 83.8 Å². The number of carbonyl (C=O) groups excluding carboxylic acids is 6. The Morgan fingerprint density at radius 1 is 0.907 bits per heavy atom. The molecule has 294 valence electrons. The predicted molar refractivity (Wildman–Crippen MR) is 196 cm³/mol.